The van der Waals surface area contributed by atoms with Crippen LogP contribution in [0.1, 0.15) is 56.5 Å². The lowest BCUT2D eigenvalue weighted by Crippen LogP contribution is -2.38. The number of Topliss-reactive ketones (excluding diaryl/α,β-unsaturated/α-hetero) is 1. The first-order chi connectivity index (χ1) is 14.6. The topological polar surface area (TPSA) is 67.2 Å². The number of carbonyl (C=O) groups excluding carboxylic acids is 2. The number of imidazole rings is 1. The highest BCUT2D eigenvalue weighted by molar-refractivity contribution is 6.31. The third kappa shape index (κ3) is 7.64. The van der Waals surface area contributed by atoms with Gasteiger partial charge in [-0.3, -0.25) is 9.59 Å². The molecule has 1 amide bonds. The van der Waals surface area contributed by atoms with Crippen molar-refractivity contribution in [3.8, 4) is 0 Å². The normalized spacial score (nSPS) is 13.5. The summed E-state index contributed by atoms with van der Waals surface area (Å²) in [6.45, 7) is 12.2. The number of fused-ring (bicyclic) bond motifs is 1. The maximum atomic E-state index is 12.2. The van der Waals surface area contributed by atoms with Crippen molar-refractivity contribution in [1.29, 1.82) is 0 Å². The molecule has 1 aliphatic rings. The third-order valence-electron chi connectivity index (χ3n) is 4.89. The summed E-state index contributed by atoms with van der Waals surface area (Å²) in [5, 5.41) is 4.18. The van der Waals surface area contributed by atoms with Gasteiger partial charge in [-0.2, -0.15) is 0 Å². The van der Waals surface area contributed by atoms with Gasteiger partial charge >= 0.3 is 0 Å². The summed E-state index contributed by atoms with van der Waals surface area (Å²) in [6.07, 6.45) is 6.05. The molecular formula is C24H33ClN4O2. The number of aromatic nitrogens is 2. The average Bonchev–Trinajstić information content (AvgIpc) is 3.15. The second-order valence-corrected chi connectivity index (χ2v) is 8.91. The van der Waals surface area contributed by atoms with E-state index < -0.39 is 0 Å². The van der Waals surface area contributed by atoms with E-state index in [-0.39, 0.29) is 17.2 Å². The highest BCUT2D eigenvalue weighted by Crippen LogP contribution is 2.15. The Morgan fingerprint density at radius 2 is 1.94 bits per heavy atom. The maximum absolute atomic E-state index is 12.2. The molecule has 31 heavy (non-hydrogen) atoms. The number of ketones is 1. The fourth-order valence-electron chi connectivity index (χ4n) is 3.14. The standard InChI is InChI=1S/C16H24N4O2.C8H9Cl/c1-12(21)13-10-17-14-11-19(8-9-20(13)14)15(22)6-5-7-18-16(2,3)4;1-2-7-5-3-4-6-8(7)9/h5-6,10,18H,7-9,11H2,1-4H3;3-6H,2H2,1H3/b6-5+;. The fourth-order valence-corrected chi connectivity index (χ4v) is 3.41. The highest BCUT2D eigenvalue weighted by atomic mass is 35.5. The van der Waals surface area contributed by atoms with E-state index in [0.29, 0.717) is 31.9 Å². The van der Waals surface area contributed by atoms with E-state index in [2.05, 4.69) is 38.0 Å². The first-order valence-electron chi connectivity index (χ1n) is 10.6. The van der Waals surface area contributed by atoms with Gasteiger partial charge in [0.1, 0.15) is 11.5 Å². The van der Waals surface area contributed by atoms with Crippen molar-refractivity contribution in [2.45, 2.75) is 59.7 Å². The molecule has 2 aromatic rings. The third-order valence-corrected chi connectivity index (χ3v) is 5.25. The van der Waals surface area contributed by atoms with Crippen LogP contribution in [0.25, 0.3) is 0 Å². The molecule has 1 aromatic carbocycles. The molecule has 3 rings (SSSR count). The van der Waals surface area contributed by atoms with Crippen LogP contribution >= 0.6 is 11.6 Å². The molecule has 2 heterocycles. The summed E-state index contributed by atoms with van der Waals surface area (Å²) in [5.41, 5.74) is 1.87. The van der Waals surface area contributed by atoms with Crippen LogP contribution in [-0.2, 0) is 24.3 Å². The molecule has 0 fully saturated rings. The SMILES string of the molecule is CC(=O)c1cnc2n1CCN(C(=O)/C=C/CNC(C)(C)C)C2.CCc1ccccc1Cl. The molecule has 0 saturated carbocycles. The van der Waals surface area contributed by atoms with Gasteiger partial charge < -0.3 is 14.8 Å². The summed E-state index contributed by atoms with van der Waals surface area (Å²) < 4.78 is 1.90. The minimum absolute atomic E-state index is 0.00618. The predicted molar refractivity (Wildman–Crippen MR) is 125 cm³/mol. The van der Waals surface area contributed by atoms with Crippen LogP contribution in [0.3, 0.4) is 0 Å². The van der Waals surface area contributed by atoms with Crippen LogP contribution in [-0.4, -0.2) is 44.8 Å². The Morgan fingerprint density at radius 1 is 1.23 bits per heavy atom. The highest BCUT2D eigenvalue weighted by Gasteiger charge is 2.23. The lowest BCUT2D eigenvalue weighted by molar-refractivity contribution is -0.127. The quantitative estimate of drug-likeness (QED) is 0.552. The number of carbonyl (C=O) groups is 2. The van der Waals surface area contributed by atoms with Crippen molar-refractivity contribution in [1.82, 2.24) is 19.8 Å². The van der Waals surface area contributed by atoms with Gasteiger partial charge in [0.05, 0.1) is 12.7 Å². The largest absolute Gasteiger partial charge is 0.330 e. The smallest absolute Gasteiger partial charge is 0.246 e. The molecule has 0 spiro atoms. The lowest BCUT2D eigenvalue weighted by Gasteiger charge is -2.27. The number of hydrogen-bond acceptors (Lipinski definition) is 4. The van der Waals surface area contributed by atoms with Crippen molar-refractivity contribution in [3.05, 3.63) is 64.7 Å². The Morgan fingerprint density at radius 3 is 2.52 bits per heavy atom. The summed E-state index contributed by atoms with van der Waals surface area (Å²) in [4.78, 5) is 29.7. The van der Waals surface area contributed by atoms with Crippen molar-refractivity contribution < 1.29 is 9.59 Å². The van der Waals surface area contributed by atoms with E-state index in [1.54, 1.807) is 17.2 Å². The summed E-state index contributed by atoms with van der Waals surface area (Å²) >= 11 is 5.82. The molecule has 1 aliphatic heterocycles. The second-order valence-electron chi connectivity index (χ2n) is 8.51. The second kappa shape index (κ2) is 11.3. The average molecular weight is 445 g/mol. The number of nitrogens with one attached hydrogen (secondary N) is 1. The Balaban J connectivity index is 0.000000316. The van der Waals surface area contributed by atoms with Crippen molar-refractivity contribution in [2.75, 3.05) is 13.1 Å². The van der Waals surface area contributed by atoms with Gasteiger partial charge in [-0.1, -0.05) is 42.8 Å². The zero-order chi connectivity index (χ0) is 23.0. The number of nitrogens with zero attached hydrogens (tertiary/aromatic N) is 3. The molecule has 6 nitrogen and oxygen atoms in total. The van der Waals surface area contributed by atoms with Gasteiger partial charge in [-0.15, -0.1) is 0 Å². The summed E-state index contributed by atoms with van der Waals surface area (Å²) in [7, 11) is 0. The minimum atomic E-state index is -0.0191. The molecule has 1 aromatic heterocycles. The van der Waals surface area contributed by atoms with E-state index in [9.17, 15) is 9.59 Å². The molecule has 168 valence electrons. The molecule has 7 heteroatoms. The zero-order valence-corrected chi connectivity index (χ0v) is 19.9. The Kier molecular flexibility index (Phi) is 9.01. The summed E-state index contributed by atoms with van der Waals surface area (Å²) in [6, 6.07) is 7.91. The lowest BCUT2D eigenvalue weighted by atomic mass is 10.1. The number of hydrogen-bond donors (Lipinski definition) is 1. The van der Waals surface area contributed by atoms with E-state index >= 15 is 0 Å². The van der Waals surface area contributed by atoms with Gasteiger partial charge in [0.2, 0.25) is 5.91 Å². The summed E-state index contributed by atoms with van der Waals surface area (Å²) in [5.74, 6) is 0.757. The van der Waals surface area contributed by atoms with E-state index in [4.69, 9.17) is 11.6 Å². The molecule has 0 atom stereocenters. The van der Waals surface area contributed by atoms with Crippen molar-refractivity contribution in [2.24, 2.45) is 0 Å². The van der Waals surface area contributed by atoms with E-state index in [1.807, 2.05) is 34.9 Å². The predicted octanol–water partition coefficient (Wildman–Crippen LogP) is 4.27. The van der Waals surface area contributed by atoms with Crippen molar-refractivity contribution >= 4 is 23.3 Å². The van der Waals surface area contributed by atoms with Crippen LogP contribution in [0.4, 0.5) is 0 Å². The van der Waals surface area contributed by atoms with Crippen LogP contribution < -0.4 is 5.32 Å². The van der Waals surface area contributed by atoms with Crippen LogP contribution in [0.2, 0.25) is 5.02 Å². The zero-order valence-electron chi connectivity index (χ0n) is 19.1. The van der Waals surface area contributed by atoms with Crippen LogP contribution in [0.15, 0.2) is 42.6 Å². The monoisotopic (exact) mass is 444 g/mol. The van der Waals surface area contributed by atoms with E-state index in [0.717, 1.165) is 17.3 Å². The molecule has 0 radical (unpaired) electrons. The number of amides is 1. The molecule has 0 unspecified atom stereocenters. The molecule has 0 saturated heterocycles. The first kappa shape index (κ1) is 24.8. The number of aryl methyl sites for hydroxylation is 1. The molecular weight excluding hydrogens is 412 g/mol. The van der Waals surface area contributed by atoms with Gasteiger partial charge in [-0.05, 0) is 38.8 Å². The molecule has 1 N–H and O–H groups in total. The fraction of sp³-hybridized carbons (Fsp3) is 0.458. The Labute approximate surface area is 190 Å². The van der Waals surface area contributed by atoms with Gasteiger partial charge in [0.25, 0.3) is 0 Å². The van der Waals surface area contributed by atoms with E-state index in [1.165, 1.54) is 12.5 Å². The van der Waals surface area contributed by atoms with Crippen LogP contribution in [0.5, 0.6) is 0 Å². The Hall–Kier alpha value is -2.44. The number of benzene rings is 1. The van der Waals surface area contributed by atoms with Crippen molar-refractivity contribution in [3.63, 3.8) is 0 Å². The first-order valence-corrected chi connectivity index (χ1v) is 11.0. The molecule has 0 bridgehead atoms. The maximum Gasteiger partial charge on any atom is 0.246 e. The molecule has 0 aliphatic carbocycles. The Bertz CT molecular complexity index is 928. The van der Waals surface area contributed by atoms with Gasteiger partial charge in [-0.25, -0.2) is 4.98 Å². The number of rotatable bonds is 5. The minimum Gasteiger partial charge on any atom is -0.330 e. The van der Waals surface area contributed by atoms with Crippen LogP contribution in [0, 0.1) is 0 Å². The van der Waals surface area contributed by atoms with Gasteiger partial charge in [0.15, 0.2) is 5.78 Å². The number of halogens is 1. The van der Waals surface area contributed by atoms with Gasteiger partial charge in [0, 0.05) is 43.2 Å².